The maximum absolute atomic E-state index is 6.45. The highest BCUT2D eigenvalue weighted by Gasteiger charge is 2.40. The highest BCUT2D eigenvalue weighted by atomic mass is 15.2. The molecule has 0 aromatic carbocycles. The van der Waals surface area contributed by atoms with Gasteiger partial charge in [-0.15, -0.1) is 0 Å². The zero-order valence-corrected chi connectivity index (χ0v) is 12.9. The Labute approximate surface area is 113 Å². The van der Waals surface area contributed by atoms with Gasteiger partial charge >= 0.3 is 0 Å². The smallest absolute Gasteiger partial charge is 0.0273 e. The monoisotopic (exact) mass is 252 g/mol. The molecule has 2 aliphatic rings. The first-order chi connectivity index (χ1) is 8.29. The fourth-order valence-electron chi connectivity index (χ4n) is 4.29. The van der Waals surface area contributed by atoms with Crippen LogP contribution in [0.15, 0.2) is 0 Å². The normalized spacial score (nSPS) is 43.3. The molecule has 0 aromatic rings. The van der Waals surface area contributed by atoms with E-state index in [0.29, 0.717) is 17.5 Å². The lowest BCUT2D eigenvalue weighted by Gasteiger charge is -2.43. The first-order valence-corrected chi connectivity index (χ1v) is 7.78. The zero-order chi connectivity index (χ0) is 13.5. The van der Waals surface area contributed by atoms with E-state index in [9.17, 15) is 0 Å². The highest BCUT2D eigenvalue weighted by Crippen LogP contribution is 2.38. The van der Waals surface area contributed by atoms with Gasteiger partial charge in [-0.3, -0.25) is 4.90 Å². The molecular formula is C16H32N2. The van der Waals surface area contributed by atoms with Crippen molar-refractivity contribution in [3.05, 3.63) is 0 Å². The average molecular weight is 252 g/mol. The molecule has 0 aromatic heterocycles. The van der Waals surface area contributed by atoms with Crippen molar-refractivity contribution >= 4 is 0 Å². The second-order valence-electron chi connectivity index (χ2n) is 8.05. The Balaban J connectivity index is 2.00. The second kappa shape index (κ2) is 5.13. The quantitative estimate of drug-likeness (QED) is 0.777. The lowest BCUT2D eigenvalue weighted by atomic mass is 9.76. The van der Waals surface area contributed by atoms with E-state index in [1.54, 1.807) is 0 Å². The van der Waals surface area contributed by atoms with Gasteiger partial charge in [0.25, 0.3) is 0 Å². The van der Waals surface area contributed by atoms with Gasteiger partial charge in [-0.25, -0.2) is 0 Å². The Morgan fingerprint density at radius 2 is 1.78 bits per heavy atom. The lowest BCUT2D eigenvalue weighted by molar-refractivity contribution is 0.0853. The average Bonchev–Trinajstić information content (AvgIpc) is 2.64. The van der Waals surface area contributed by atoms with Gasteiger partial charge < -0.3 is 5.73 Å². The molecule has 2 nitrogen and oxygen atoms in total. The molecule has 2 rings (SSSR count). The molecule has 1 saturated carbocycles. The van der Waals surface area contributed by atoms with Crippen molar-refractivity contribution in [1.82, 2.24) is 4.90 Å². The van der Waals surface area contributed by atoms with E-state index in [1.807, 2.05) is 0 Å². The summed E-state index contributed by atoms with van der Waals surface area (Å²) in [4.78, 5) is 2.71. The molecule has 2 heteroatoms. The lowest BCUT2D eigenvalue weighted by Crippen LogP contribution is -2.54. The Morgan fingerprint density at radius 1 is 1.11 bits per heavy atom. The molecule has 1 aliphatic carbocycles. The summed E-state index contributed by atoms with van der Waals surface area (Å²) in [5.41, 5.74) is 6.90. The van der Waals surface area contributed by atoms with Crippen LogP contribution in [0.25, 0.3) is 0 Å². The minimum absolute atomic E-state index is 0.391. The van der Waals surface area contributed by atoms with Gasteiger partial charge in [0.1, 0.15) is 0 Å². The molecule has 2 N–H and O–H groups in total. The van der Waals surface area contributed by atoms with Crippen LogP contribution < -0.4 is 5.73 Å². The molecule has 1 saturated heterocycles. The third-order valence-electron chi connectivity index (χ3n) is 5.34. The van der Waals surface area contributed by atoms with Crippen LogP contribution in [0.2, 0.25) is 0 Å². The molecule has 0 bridgehead atoms. The third kappa shape index (κ3) is 2.91. The summed E-state index contributed by atoms with van der Waals surface area (Å²) < 4.78 is 0. The fraction of sp³-hybridized carbons (Fsp3) is 1.00. The topological polar surface area (TPSA) is 29.3 Å². The summed E-state index contributed by atoms with van der Waals surface area (Å²) in [5, 5.41) is 0. The minimum Gasteiger partial charge on any atom is -0.326 e. The molecule has 2 fully saturated rings. The Hall–Kier alpha value is -0.0800. The molecule has 18 heavy (non-hydrogen) atoms. The number of nitrogens with two attached hydrogens (primary N) is 1. The van der Waals surface area contributed by atoms with E-state index in [-0.39, 0.29) is 0 Å². The molecule has 0 amide bonds. The molecule has 106 valence electrons. The van der Waals surface area contributed by atoms with Crippen LogP contribution >= 0.6 is 0 Å². The first kappa shape index (κ1) is 14.3. The highest BCUT2D eigenvalue weighted by molar-refractivity contribution is 4.96. The number of likely N-dealkylation sites (tertiary alicyclic amines) is 1. The molecular weight excluding hydrogens is 220 g/mol. The van der Waals surface area contributed by atoms with Crippen molar-refractivity contribution in [2.75, 3.05) is 13.1 Å². The number of nitrogens with zero attached hydrogens (tertiary/aromatic N) is 1. The van der Waals surface area contributed by atoms with E-state index in [2.05, 4.69) is 39.5 Å². The molecule has 0 spiro atoms. The SMILES string of the molecule is CC1CC(C)C(N2CCC(C(C)(C)C)C2)C(N)C1. The largest absolute Gasteiger partial charge is 0.326 e. The third-order valence-corrected chi connectivity index (χ3v) is 5.34. The maximum atomic E-state index is 6.45. The van der Waals surface area contributed by atoms with Gasteiger partial charge in [0.15, 0.2) is 0 Å². The standard InChI is InChI=1S/C16H32N2/c1-11-8-12(2)15(14(17)9-11)18-7-6-13(10-18)16(3,4)5/h11-15H,6-10,17H2,1-5H3. The van der Waals surface area contributed by atoms with Crippen molar-refractivity contribution in [2.45, 2.75) is 66.0 Å². The maximum Gasteiger partial charge on any atom is 0.0273 e. The summed E-state index contributed by atoms with van der Waals surface area (Å²) in [5.74, 6) is 2.42. The summed E-state index contributed by atoms with van der Waals surface area (Å²) in [7, 11) is 0. The van der Waals surface area contributed by atoms with E-state index in [1.165, 1.54) is 32.4 Å². The van der Waals surface area contributed by atoms with Gasteiger partial charge in [-0.2, -0.15) is 0 Å². The van der Waals surface area contributed by atoms with Crippen LogP contribution in [0.5, 0.6) is 0 Å². The van der Waals surface area contributed by atoms with E-state index in [0.717, 1.165) is 17.8 Å². The van der Waals surface area contributed by atoms with Crippen molar-refractivity contribution in [3.63, 3.8) is 0 Å². The van der Waals surface area contributed by atoms with Crippen molar-refractivity contribution in [2.24, 2.45) is 28.9 Å². The Bertz CT molecular complexity index is 269. The van der Waals surface area contributed by atoms with Gasteiger partial charge in [0.05, 0.1) is 0 Å². The van der Waals surface area contributed by atoms with Crippen LogP contribution in [0.4, 0.5) is 0 Å². The van der Waals surface area contributed by atoms with E-state index in [4.69, 9.17) is 5.73 Å². The van der Waals surface area contributed by atoms with Gasteiger partial charge in [-0.05, 0) is 49.0 Å². The minimum atomic E-state index is 0.391. The predicted molar refractivity (Wildman–Crippen MR) is 78.5 cm³/mol. The van der Waals surface area contributed by atoms with Crippen LogP contribution in [0, 0.1) is 23.2 Å². The second-order valence-corrected chi connectivity index (χ2v) is 8.05. The van der Waals surface area contributed by atoms with Crippen molar-refractivity contribution in [1.29, 1.82) is 0 Å². The van der Waals surface area contributed by atoms with Gasteiger partial charge in [-0.1, -0.05) is 34.6 Å². The van der Waals surface area contributed by atoms with E-state index < -0.39 is 0 Å². The van der Waals surface area contributed by atoms with Crippen LogP contribution in [0.1, 0.15) is 53.9 Å². The predicted octanol–water partition coefficient (Wildman–Crippen LogP) is 3.12. The molecule has 1 aliphatic heterocycles. The number of hydrogen-bond donors (Lipinski definition) is 1. The van der Waals surface area contributed by atoms with E-state index >= 15 is 0 Å². The molecule has 5 unspecified atom stereocenters. The first-order valence-electron chi connectivity index (χ1n) is 7.78. The number of rotatable bonds is 1. The van der Waals surface area contributed by atoms with Crippen LogP contribution in [-0.4, -0.2) is 30.1 Å². The Kier molecular flexibility index (Phi) is 4.08. The van der Waals surface area contributed by atoms with Crippen LogP contribution in [-0.2, 0) is 0 Å². The number of hydrogen-bond acceptors (Lipinski definition) is 2. The summed E-state index contributed by atoms with van der Waals surface area (Å²) in [6.45, 7) is 14.4. The molecule has 1 heterocycles. The van der Waals surface area contributed by atoms with Gasteiger partial charge in [0.2, 0.25) is 0 Å². The van der Waals surface area contributed by atoms with Crippen LogP contribution in [0.3, 0.4) is 0 Å². The van der Waals surface area contributed by atoms with Gasteiger partial charge in [0, 0.05) is 18.6 Å². The Morgan fingerprint density at radius 3 is 2.28 bits per heavy atom. The fourth-order valence-corrected chi connectivity index (χ4v) is 4.29. The molecule has 5 atom stereocenters. The van der Waals surface area contributed by atoms with Crippen molar-refractivity contribution in [3.8, 4) is 0 Å². The zero-order valence-electron chi connectivity index (χ0n) is 12.9. The summed E-state index contributed by atoms with van der Waals surface area (Å²) in [6.07, 6.45) is 3.93. The molecule has 0 radical (unpaired) electrons. The van der Waals surface area contributed by atoms with Crippen molar-refractivity contribution < 1.29 is 0 Å². The summed E-state index contributed by atoms with van der Waals surface area (Å²) in [6, 6.07) is 1.02. The summed E-state index contributed by atoms with van der Waals surface area (Å²) >= 11 is 0.